The molecule has 2 saturated heterocycles. The van der Waals surface area contributed by atoms with Crippen molar-refractivity contribution in [3.63, 3.8) is 0 Å². The van der Waals surface area contributed by atoms with Crippen molar-refractivity contribution < 1.29 is 38.4 Å². The smallest absolute Gasteiger partial charge is 0.303 e. The Morgan fingerprint density at radius 1 is 1.24 bits per heavy atom. The molecule has 0 spiro atoms. The second-order valence-electron chi connectivity index (χ2n) is 5.51. The summed E-state index contributed by atoms with van der Waals surface area (Å²) >= 11 is 0. The molecule has 2 aliphatic rings. The molecule has 2 rings (SSSR count). The minimum Gasteiger partial charge on any atom is -0.463 e. The van der Waals surface area contributed by atoms with E-state index < -0.39 is 48.4 Å². The minimum atomic E-state index is -1.15. The normalized spacial score (nSPS) is 35.1. The van der Waals surface area contributed by atoms with Crippen LogP contribution in [0.4, 0.5) is 0 Å². The molecule has 8 nitrogen and oxygen atoms in total. The molecule has 0 aliphatic carbocycles. The van der Waals surface area contributed by atoms with Gasteiger partial charge in [-0.2, -0.15) is 0 Å². The van der Waals surface area contributed by atoms with E-state index in [1.165, 1.54) is 13.8 Å². The largest absolute Gasteiger partial charge is 0.463 e. The highest BCUT2D eigenvalue weighted by atomic mass is 16.8. The lowest BCUT2D eigenvalue weighted by Crippen LogP contribution is -2.45. The summed E-state index contributed by atoms with van der Waals surface area (Å²) < 4.78 is 26.7. The number of rotatable bonds is 4. The molecule has 1 N–H and O–H groups in total. The van der Waals surface area contributed by atoms with Crippen LogP contribution in [-0.2, 0) is 33.3 Å². The van der Waals surface area contributed by atoms with Crippen molar-refractivity contribution in [3.05, 3.63) is 0 Å². The van der Waals surface area contributed by atoms with Crippen molar-refractivity contribution in [3.8, 4) is 0 Å². The van der Waals surface area contributed by atoms with Crippen LogP contribution in [0.15, 0.2) is 0 Å². The first-order valence-electron chi connectivity index (χ1n) is 6.69. The predicted octanol–water partition coefficient (Wildman–Crippen LogP) is -0.282. The molecule has 8 heteroatoms. The van der Waals surface area contributed by atoms with Gasteiger partial charge in [-0.25, -0.2) is 0 Å². The molecule has 0 aromatic rings. The van der Waals surface area contributed by atoms with Gasteiger partial charge in [0, 0.05) is 13.8 Å². The Morgan fingerprint density at radius 2 is 1.90 bits per heavy atom. The van der Waals surface area contributed by atoms with E-state index in [1.807, 2.05) is 0 Å². The molecule has 21 heavy (non-hydrogen) atoms. The Kier molecular flexibility index (Phi) is 4.52. The van der Waals surface area contributed by atoms with E-state index in [-0.39, 0.29) is 6.61 Å². The Balaban J connectivity index is 2.07. The van der Waals surface area contributed by atoms with Gasteiger partial charge in [-0.05, 0) is 13.8 Å². The van der Waals surface area contributed by atoms with Crippen LogP contribution in [0.5, 0.6) is 0 Å². The van der Waals surface area contributed by atoms with Gasteiger partial charge in [-0.1, -0.05) is 0 Å². The summed E-state index contributed by atoms with van der Waals surface area (Å²) in [6, 6.07) is 0. The summed E-state index contributed by atoms with van der Waals surface area (Å²) in [5.74, 6) is -1.91. The molecule has 0 amide bonds. The standard InChI is InChI=1S/C13H20O8/c1-6(14)17-5-8(16)9-10(18-7(2)15)11-12(19-9)21-13(3,4)20-11/h8-12,16H,5H2,1-4H3/t8-,9-,10+,11+,12+/m0/s1. The molecule has 2 fully saturated rings. The first-order valence-corrected chi connectivity index (χ1v) is 6.69. The van der Waals surface area contributed by atoms with Crippen molar-refractivity contribution in [2.75, 3.05) is 6.61 Å². The fraction of sp³-hybridized carbons (Fsp3) is 0.846. The summed E-state index contributed by atoms with van der Waals surface area (Å²) in [4.78, 5) is 22.0. The lowest BCUT2D eigenvalue weighted by molar-refractivity contribution is -0.231. The monoisotopic (exact) mass is 304 g/mol. The Labute approximate surface area is 122 Å². The lowest BCUT2D eigenvalue weighted by atomic mass is 10.1. The van der Waals surface area contributed by atoms with Crippen molar-refractivity contribution in [2.24, 2.45) is 0 Å². The summed E-state index contributed by atoms with van der Waals surface area (Å²) in [5, 5.41) is 10.1. The van der Waals surface area contributed by atoms with Crippen molar-refractivity contribution in [2.45, 2.75) is 64.2 Å². The number of aliphatic hydroxyl groups is 1. The number of carbonyl (C=O) groups excluding carboxylic acids is 2. The van der Waals surface area contributed by atoms with Gasteiger partial charge in [-0.3, -0.25) is 9.59 Å². The van der Waals surface area contributed by atoms with E-state index in [0.29, 0.717) is 0 Å². The van der Waals surface area contributed by atoms with E-state index in [9.17, 15) is 14.7 Å². The third kappa shape index (κ3) is 3.70. The second-order valence-corrected chi connectivity index (χ2v) is 5.51. The number of hydrogen-bond donors (Lipinski definition) is 1. The summed E-state index contributed by atoms with van der Waals surface area (Å²) in [7, 11) is 0. The van der Waals surface area contributed by atoms with E-state index >= 15 is 0 Å². The SMILES string of the molecule is CC(=O)OC[C@H](O)[C@@H]1O[C@@H]2OC(C)(C)O[C@@H]2[C@@H]1OC(C)=O. The van der Waals surface area contributed by atoms with Crippen LogP contribution in [-0.4, -0.2) is 60.1 Å². The average molecular weight is 304 g/mol. The fourth-order valence-corrected chi connectivity index (χ4v) is 2.44. The Bertz CT molecular complexity index is 420. The predicted molar refractivity (Wildman–Crippen MR) is 66.9 cm³/mol. The van der Waals surface area contributed by atoms with Crippen molar-refractivity contribution in [1.29, 1.82) is 0 Å². The summed E-state index contributed by atoms with van der Waals surface area (Å²) in [5.41, 5.74) is 0. The highest BCUT2D eigenvalue weighted by molar-refractivity contribution is 5.66. The van der Waals surface area contributed by atoms with E-state index in [0.717, 1.165) is 0 Å². The van der Waals surface area contributed by atoms with Crippen LogP contribution in [0.2, 0.25) is 0 Å². The molecule has 2 heterocycles. The zero-order valence-corrected chi connectivity index (χ0v) is 12.4. The maximum absolute atomic E-state index is 11.2. The molecule has 0 radical (unpaired) electrons. The minimum absolute atomic E-state index is 0.263. The molecule has 2 aliphatic heterocycles. The molecule has 5 atom stereocenters. The van der Waals surface area contributed by atoms with Gasteiger partial charge >= 0.3 is 11.9 Å². The van der Waals surface area contributed by atoms with Crippen LogP contribution in [0.3, 0.4) is 0 Å². The van der Waals surface area contributed by atoms with Gasteiger partial charge < -0.3 is 28.8 Å². The first kappa shape index (κ1) is 16.2. The Hall–Kier alpha value is -1.22. The number of aliphatic hydroxyl groups excluding tert-OH is 1. The molecule has 0 aromatic heterocycles. The van der Waals surface area contributed by atoms with Crippen LogP contribution in [0.25, 0.3) is 0 Å². The zero-order chi connectivity index (χ0) is 15.8. The van der Waals surface area contributed by atoms with Crippen molar-refractivity contribution >= 4 is 11.9 Å². The van der Waals surface area contributed by atoms with Gasteiger partial charge in [-0.15, -0.1) is 0 Å². The van der Waals surface area contributed by atoms with Crippen molar-refractivity contribution in [1.82, 2.24) is 0 Å². The fourth-order valence-electron chi connectivity index (χ4n) is 2.44. The Morgan fingerprint density at radius 3 is 2.48 bits per heavy atom. The molecule has 0 bridgehead atoms. The third-order valence-corrected chi connectivity index (χ3v) is 3.17. The molecule has 0 aromatic carbocycles. The van der Waals surface area contributed by atoms with Gasteiger partial charge in [0.1, 0.15) is 18.8 Å². The maximum Gasteiger partial charge on any atom is 0.303 e. The number of ether oxygens (including phenoxy) is 5. The topological polar surface area (TPSA) is 101 Å². The van der Waals surface area contributed by atoms with E-state index in [2.05, 4.69) is 0 Å². The summed E-state index contributed by atoms with van der Waals surface area (Å²) in [6.07, 6.45) is -4.26. The molecular weight excluding hydrogens is 284 g/mol. The molecule has 120 valence electrons. The number of carbonyl (C=O) groups is 2. The van der Waals surface area contributed by atoms with Gasteiger partial charge in [0.15, 0.2) is 24.3 Å². The van der Waals surface area contributed by atoms with E-state index in [4.69, 9.17) is 23.7 Å². The van der Waals surface area contributed by atoms with Gasteiger partial charge in [0.25, 0.3) is 0 Å². The average Bonchev–Trinajstić information content (AvgIpc) is 2.79. The number of fused-ring (bicyclic) bond motifs is 1. The zero-order valence-electron chi connectivity index (χ0n) is 12.4. The third-order valence-electron chi connectivity index (χ3n) is 3.17. The van der Waals surface area contributed by atoms with Crippen LogP contribution < -0.4 is 0 Å². The second kappa shape index (κ2) is 5.88. The van der Waals surface area contributed by atoms with Gasteiger partial charge in [0.2, 0.25) is 0 Å². The molecule has 0 unspecified atom stereocenters. The van der Waals surface area contributed by atoms with Crippen LogP contribution in [0.1, 0.15) is 27.7 Å². The first-order chi connectivity index (χ1) is 9.69. The van der Waals surface area contributed by atoms with Gasteiger partial charge in [0.05, 0.1) is 0 Å². The maximum atomic E-state index is 11.2. The molecule has 0 saturated carbocycles. The quantitative estimate of drug-likeness (QED) is 0.708. The molecular formula is C13H20O8. The lowest BCUT2D eigenvalue weighted by Gasteiger charge is -2.27. The highest BCUT2D eigenvalue weighted by Crippen LogP contribution is 2.39. The summed E-state index contributed by atoms with van der Waals surface area (Å²) in [6.45, 7) is 5.65. The van der Waals surface area contributed by atoms with Crippen LogP contribution in [0, 0.1) is 0 Å². The van der Waals surface area contributed by atoms with Crippen LogP contribution >= 0.6 is 0 Å². The number of esters is 2. The number of hydrogen-bond acceptors (Lipinski definition) is 8. The van der Waals surface area contributed by atoms with E-state index in [1.54, 1.807) is 13.8 Å². The highest BCUT2D eigenvalue weighted by Gasteiger charge is 2.58.